The van der Waals surface area contributed by atoms with Gasteiger partial charge in [-0.3, -0.25) is 14.4 Å². The molecule has 8 atom stereocenters. The average molecular weight is 533 g/mol. The fourth-order valence-corrected chi connectivity index (χ4v) is 9.01. The lowest BCUT2D eigenvalue weighted by Gasteiger charge is -2.59. The van der Waals surface area contributed by atoms with Crippen molar-refractivity contribution in [2.45, 2.75) is 65.1 Å². The number of aliphatic hydroxyl groups excluding tert-OH is 1. The Morgan fingerprint density at radius 3 is 2.62 bits per heavy atom. The largest absolute Gasteiger partial charge is 0.458 e. The third-order valence-electron chi connectivity index (χ3n) is 10.7. The second-order valence-corrected chi connectivity index (χ2v) is 12.7. The third-order valence-corrected chi connectivity index (χ3v) is 10.7. The topological polar surface area (TPSA) is 119 Å². The Balaban J connectivity index is 1.38. The van der Waals surface area contributed by atoms with Crippen LogP contribution in [0.4, 0.5) is 0 Å². The van der Waals surface area contributed by atoms with Crippen molar-refractivity contribution in [3.05, 3.63) is 53.4 Å². The van der Waals surface area contributed by atoms with Gasteiger partial charge in [0.15, 0.2) is 12.4 Å². The summed E-state index contributed by atoms with van der Waals surface area (Å²) in [5.41, 5.74) is 0.289. The molecule has 2 N–H and O–H groups in total. The van der Waals surface area contributed by atoms with E-state index in [0.29, 0.717) is 12.8 Å². The highest BCUT2D eigenvalue weighted by molar-refractivity contribution is 6.03. The van der Waals surface area contributed by atoms with Gasteiger partial charge < -0.3 is 14.9 Å². The highest BCUT2D eigenvalue weighted by atomic mass is 16.5. The normalized spacial score (nSPS) is 38.7. The van der Waals surface area contributed by atoms with E-state index in [2.05, 4.69) is 12.0 Å². The van der Waals surface area contributed by atoms with Crippen molar-refractivity contribution >= 4 is 23.6 Å². The second-order valence-electron chi connectivity index (χ2n) is 12.7. The molecule has 1 aromatic carbocycles. The zero-order chi connectivity index (χ0) is 27.9. The number of rotatable bonds is 4. The van der Waals surface area contributed by atoms with E-state index in [9.17, 15) is 24.6 Å². The molecule has 1 aromatic heterocycles. The van der Waals surface area contributed by atoms with Crippen LogP contribution in [0.2, 0.25) is 0 Å². The number of carbonyl (C=O) groups excluding carboxylic acids is 3. The first-order valence-corrected chi connectivity index (χ1v) is 13.9. The van der Waals surface area contributed by atoms with Gasteiger partial charge in [-0.05, 0) is 66.7 Å². The van der Waals surface area contributed by atoms with E-state index in [1.165, 1.54) is 6.92 Å². The molecule has 8 nitrogen and oxygen atoms in total. The van der Waals surface area contributed by atoms with Crippen molar-refractivity contribution in [1.29, 1.82) is 0 Å². The van der Waals surface area contributed by atoms with Crippen molar-refractivity contribution in [2.24, 2.45) is 34.5 Å². The number of Topliss-reactive ketones (excluding diaryl/α,β-unsaturated/α-hetero) is 2. The molecule has 0 radical (unpaired) electrons. The van der Waals surface area contributed by atoms with E-state index < -0.39 is 46.8 Å². The molecule has 0 spiro atoms. The molecule has 3 fully saturated rings. The van der Waals surface area contributed by atoms with E-state index in [0.717, 1.165) is 22.5 Å². The smallest absolute Gasteiger partial charge is 0.303 e. The van der Waals surface area contributed by atoms with Crippen LogP contribution in [0.3, 0.4) is 0 Å². The zero-order valence-electron chi connectivity index (χ0n) is 22.9. The van der Waals surface area contributed by atoms with Crippen molar-refractivity contribution in [3.63, 3.8) is 0 Å². The number of aliphatic hydroxyl groups is 2. The van der Waals surface area contributed by atoms with Gasteiger partial charge in [0.05, 0.1) is 23.7 Å². The molecule has 0 aliphatic heterocycles. The SMILES string of the molecule is CC(=O)OCC(=O)[C@@]1(O)[C@H](C)C[C@H]2[C@@H]3CC(=O)C4=Cc5c(cnn5-c5ccccc5)C[C@]4(C)[C@H]3[C@@H](O)C[C@@]21C. The number of hydrogen-bond acceptors (Lipinski definition) is 7. The van der Waals surface area contributed by atoms with Crippen LogP contribution in [-0.2, 0) is 25.5 Å². The molecule has 6 rings (SSSR count). The Hall–Kier alpha value is -3.10. The molecule has 4 aliphatic carbocycles. The van der Waals surface area contributed by atoms with Gasteiger partial charge in [-0.1, -0.05) is 39.0 Å². The summed E-state index contributed by atoms with van der Waals surface area (Å²) in [6, 6.07) is 9.82. The lowest BCUT2D eigenvalue weighted by molar-refractivity contribution is -0.188. The number of nitrogens with zero attached hydrogens (tertiary/aromatic N) is 2. The van der Waals surface area contributed by atoms with Gasteiger partial charge in [0.25, 0.3) is 0 Å². The first-order chi connectivity index (χ1) is 18.4. The summed E-state index contributed by atoms with van der Waals surface area (Å²) < 4.78 is 6.84. The first-order valence-electron chi connectivity index (χ1n) is 13.9. The highest BCUT2D eigenvalue weighted by Gasteiger charge is 2.71. The molecule has 0 amide bonds. The Labute approximate surface area is 228 Å². The van der Waals surface area contributed by atoms with Gasteiger partial charge in [-0.2, -0.15) is 5.10 Å². The van der Waals surface area contributed by atoms with Crippen molar-refractivity contribution in [2.75, 3.05) is 6.61 Å². The second kappa shape index (κ2) is 8.70. The van der Waals surface area contributed by atoms with E-state index in [1.54, 1.807) is 0 Å². The quantitative estimate of drug-likeness (QED) is 0.580. The van der Waals surface area contributed by atoms with Crippen LogP contribution in [0.15, 0.2) is 42.1 Å². The summed E-state index contributed by atoms with van der Waals surface area (Å²) in [7, 11) is 0. The summed E-state index contributed by atoms with van der Waals surface area (Å²) in [5, 5.41) is 28.4. The number of ether oxygens (including phenoxy) is 1. The summed E-state index contributed by atoms with van der Waals surface area (Å²) in [5.74, 6) is -1.99. The Morgan fingerprint density at radius 2 is 1.92 bits per heavy atom. The van der Waals surface area contributed by atoms with E-state index in [4.69, 9.17) is 4.74 Å². The molecule has 0 saturated heterocycles. The van der Waals surface area contributed by atoms with Crippen LogP contribution in [0.5, 0.6) is 0 Å². The first kappa shape index (κ1) is 26.1. The maximum Gasteiger partial charge on any atom is 0.303 e. The Bertz CT molecular complexity index is 1400. The Morgan fingerprint density at radius 1 is 1.21 bits per heavy atom. The van der Waals surface area contributed by atoms with Crippen LogP contribution >= 0.6 is 0 Å². The Kier molecular flexibility index (Phi) is 5.83. The molecule has 0 unspecified atom stereocenters. The molecule has 39 heavy (non-hydrogen) atoms. The highest BCUT2D eigenvalue weighted by Crippen LogP contribution is 2.68. The van der Waals surface area contributed by atoms with Crippen molar-refractivity contribution in [1.82, 2.24) is 9.78 Å². The van der Waals surface area contributed by atoms with E-state index in [-0.39, 0.29) is 36.4 Å². The average Bonchev–Trinajstić information content (AvgIpc) is 3.38. The van der Waals surface area contributed by atoms with Crippen LogP contribution in [-0.4, -0.2) is 55.8 Å². The minimum atomic E-state index is -1.75. The molecule has 1 heterocycles. The van der Waals surface area contributed by atoms with Crippen LogP contribution in [0, 0.1) is 34.5 Å². The lowest BCUT2D eigenvalue weighted by Crippen LogP contribution is -2.64. The van der Waals surface area contributed by atoms with Crippen LogP contribution in [0.1, 0.15) is 58.2 Å². The monoisotopic (exact) mass is 532 g/mol. The lowest BCUT2D eigenvalue weighted by atomic mass is 9.45. The maximum atomic E-state index is 13.9. The van der Waals surface area contributed by atoms with Gasteiger partial charge >= 0.3 is 5.97 Å². The molecule has 3 saturated carbocycles. The predicted molar refractivity (Wildman–Crippen MR) is 143 cm³/mol. The van der Waals surface area contributed by atoms with Gasteiger partial charge in [0.1, 0.15) is 5.60 Å². The molecular formula is C31H36N2O6. The molecule has 8 heteroatoms. The van der Waals surface area contributed by atoms with Crippen molar-refractivity contribution < 1.29 is 29.3 Å². The molecule has 4 aliphatic rings. The third kappa shape index (κ3) is 3.50. The number of allylic oxidation sites excluding steroid dienone is 1. The van der Waals surface area contributed by atoms with Gasteiger partial charge in [0.2, 0.25) is 5.78 Å². The fraction of sp³-hybridized carbons (Fsp3) is 0.548. The summed E-state index contributed by atoms with van der Waals surface area (Å²) in [6.07, 6.45) is 4.65. The fourth-order valence-electron chi connectivity index (χ4n) is 9.01. The van der Waals surface area contributed by atoms with E-state index >= 15 is 0 Å². The number of esters is 1. The minimum absolute atomic E-state index is 0.0518. The number of benzene rings is 1. The predicted octanol–water partition coefficient (Wildman–Crippen LogP) is 3.31. The van der Waals surface area contributed by atoms with Crippen LogP contribution < -0.4 is 0 Å². The van der Waals surface area contributed by atoms with E-state index in [1.807, 2.05) is 61.1 Å². The summed E-state index contributed by atoms with van der Waals surface area (Å²) in [6.45, 7) is 6.53. The molecule has 2 aromatic rings. The number of aromatic nitrogens is 2. The van der Waals surface area contributed by atoms with Crippen molar-refractivity contribution in [3.8, 4) is 5.69 Å². The minimum Gasteiger partial charge on any atom is -0.458 e. The molecule has 206 valence electrons. The summed E-state index contributed by atoms with van der Waals surface area (Å²) >= 11 is 0. The molecular weight excluding hydrogens is 496 g/mol. The standard InChI is InChI=1S/C31H36N2O6/c1-17-10-22-21-11-25(35)23-12-24-19(15-32-33(24)20-8-6-5-7-9-20)13-29(23,3)28(21)26(36)14-30(22,4)31(17,38)27(37)16-39-18(2)34/h5-9,12,15,17,21-22,26,28,36,38H,10-11,13-14,16H2,1-4H3/t17-,21+,22+,26+,28-,29+,30+,31+/m1/s1. The number of hydrogen-bond donors (Lipinski definition) is 2. The van der Waals surface area contributed by atoms with Gasteiger partial charge in [-0.15, -0.1) is 0 Å². The molecule has 0 bridgehead atoms. The van der Waals surface area contributed by atoms with Crippen LogP contribution in [0.25, 0.3) is 11.8 Å². The maximum absolute atomic E-state index is 13.9. The van der Waals surface area contributed by atoms with Gasteiger partial charge in [-0.25, -0.2) is 4.68 Å². The summed E-state index contributed by atoms with van der Waals surface area (Å²) in [4.78, 5) is 38.6. The number of fused-ring (bicyclic) bond motifs is 6. The number of para-hydroxylation sites is 1. The number of carbonyl (C=O) groups is 3. The number of ketones is 2. The van der Waals surface area contributed by atoms with Gasteiger partial charge in [0, 0.05) is 29.7 Å². The zero-order valence-corrected chi connectivity index (χ0v) is 22.9.